The summed E-state index contributed by atoms with van der Waals surface area (Å²) in [6.45, 7) is 5.23. The number of anilines is 3. The number of nitrogens with one attached hydrogen (secondary N) is 1. The number of carbonyl (C=O) groups excluding carboxylic acids is 1. The average Bonchev–Trinajstić information content (AvgIpc) is 3.44. The molecule has 11 nitrogen and oxygen atoms in total. The standard InChI is InChI=1S/C33H34N8O3/c1-22-15-23(6-7-29(22)44-25-8-11-39-12-9-34-31(39)16-25)37-33-26-17-28-30(18-27(26)35-21-36-33)43-20-24-19-40(28)13-14-41(24)32(42)5-4-10-38(2)3/h4-9,11-12,15-18,21,24H,10,13-14,19-20H2,1-3H3,(H,35,36,37)/b5-4+. The van der Waals surface area contributed by atoms with Crippen LogP contribution >= 0.6 is 0 Å². The normalized spacial score (nSPS) is 16.3. The molecule has 1 amide bonds. The van der Waals surface area contributed by atoms with Crippen molar-refractivity contribution in [1.29, 1.82) is 0 Å². The molecule has 1 atom stereocenters. The van der Waals surface area contributed by atoms with Crippen LogP contribution in [0.4, 0.5) is 17.2 Å². The molecule has 5 heterocycles. The quantitative estimate of drug-likeness (QED) is 0.272. The first-order valence-corrected chi connectivity index (χ1v) is 14.7. The zero-order valence-corrected chi connectivity index (χ0v) is 25.0. The molecule has 0 saturated carbocycles. The SMILES string of the molecule is Cc1cc(Nc2ncnc3cc4c(cc23)N2CCN(C(=O)/C=C/CN(C)C)C(CO4)C2)ccc1Oc1ccn2ccnc2c1. The monoisotopic (exact) mass is 590 g/mol. The Morgan fingerprint density at radius 2 is 2.02 bits per heavy atom. The van der Waals surface area contributed by atoms with E-state index in [9.17, 15) is 4.79 Å². The van der Waals surface area contributed by atoms with Gasteiger partial charge in [0.25, 0.3) is 0 Å². The molecule has 7 rings (SSSR count). The summed E-state index contributed by atoms with van der Waals surface area (Å²) in [6, 6.07) is 13.8. The van der Waals surface area contributed by atoms with Crippen molar-refractivity contribution in [3.8, 4) is 17.2 Å². The maximum absolute atomic E-state index is 13.0. The summed E-state index contributed by atoms with van der Waals surface area (Å²) in [4.78, 5) is 32.7. The molecule has 3 aromatic heterocycles. The van der Waals surface area contributed by atoms with Crippen LogP contribution < -0.4 is 19.7 Å². The molecule has 2 aliphatic heterocycles. The third kappa shape index (κ3) is 5.49. The van der Waals surface area contributed by atoms with Crippen molar-refractivity contribution in [1.82, 2.24) is 29.2 Å². The largest absolute Gasteiger partial charge is 0.489 e. The van der Waals surface area contributed by atoms with Crippen molar-refractivity contribution in [2.75, 3.05) is 57.1 Å². The van der Waals surface area contributed by atoms with Gasteiger partial charge in [0.15, 0.2) is 0 Å². The number of aromatic nitrogens is 4. The number of benzene rings is 2. The number of imidazole rings is 1. The minimum Gasteiger partial charge on any atom is -0.489 e. The van der Waals surface area contributed by atoms with E-state index < -0.39 is 0 Å². The Morgan fingerprint density at radius 3 is 2.89 bits per heavy atom. The zero-order valence-electron chi connectivity index (χ0n) is 25.0. The fraction of sp³-hybridized carbons (Fsp3) is 0.273. The van der Waals surface area contributed by atoms with Crippen molar-refractivity contribution in [2.45, 2.75) is 13.0 Å². The summed E-state index contributed by atoms with van der Waals surface area (Å²) in [5.41, 5.74) is 4.47. The number of pyridine rings is 1. The van der Waals surface area contributed by atoms with Gasteiger partial charge in [-0.2, -0.15) is 0 Å². The second-order valence-corrected chi connectivity index (χ2v) is 11.4. The van der Waals surface area contributed by atoms with Crippen molar-refractivity contribution >= 4 is 39.6 Å². The lowest BCUT2D eigenvalue weighted by molar-refractivity contribution is -0.129. The minimum atomic E-state index is -0.0372. The molecule has 44 heavy (non-hydrogen) atoms. The molecule has 0 radical (unpaired) electrons. The van der Waals surface area contributed by atoms with Gasteiger partial charge in [0.2, 0.25) is 5.91 Å². The van der Waals surface area contributed by atoms with E-state index in [0.717, 1.165) is 63.8 Å². The molecule has 224 valence electrons. The van der Waals surface area contributed by atoms with E-state index in [1.54, 1.807) is 18.6 Å². The topological polar surface area (TPSA) is 100 Å². The Morgan fingerprint density at radius 1 is 1.11 bits per heavy atom. The van der Waals surface area contributed by atoms with Crippen LogP contribution in [-0.4, -0.2) is 88.0 Å². The van der Waals surface area contributed by atoms with Crippen LogP contribution in [0.25, 0.3) is 16.6 Å². The highest BCUT2D eigenvalue weighted by molar-refractivity contribution is 5.95. The van der Waals surface area contributed by atoms with Gasteiger partial charge in [-0.25, -0.2) is 15.0 Å². The summed E-state index contributed by atoms with van der Waals surface area (Å²) < 4.78 is 14.4. The van der Waals surface area contributed by atoms with Crippen LogP contribution in [0.3, 0.4) is 0 Å². The number of aryl methyl sites for hydroxylation is 1. The molecule has 2 aromatic carbocycles. The molecule has 1 unspecified atom stereocenters. The van der Waals surface area contributed by atoms with E-state index in [1.807, 2.05) is 90.1 Å². The Kier molecular flexibility index (Phi) is 7.23. The highest BCUT2D eigenvalue weighted by Gasteiger charge is 2.34. The van der Waals surface area contributed by atoms with E-state index in [-0.39, 0.29) is 11.9 Å². The predicted octanol–water partition coefficient (Wildman–Crippen LogP) is 4.65. The van der Waals surface area contributed by atoms with Crippen LogP contribution in [0.5, 0.6) is 17.2 Å². The Hall–Kier alpha value is -5.16. The van der Waals surface area contributed by atoms with Gasteiger partial charge in [0.1, 0.15) is 41.6 Å². The second-order valence-electron chi connectivity index (χ2n) is 11.4. The summed E-state index contributed by atoms with van der Waals surface area (Å²) in [5, 5.41) is 4.38. The molecule has 1 saturated heterocycles. The number of nitrogens with zero attached hydrogens (tertiary/aromatic N) is 7. The molecule has 11 heteroatoms. The fourth-order valence-electron chi connectivity index (χ4n) is 5.75. The number of ether oxygens (including phenoxy) is 2. The lowest BCUT2D eigenvalue weighted by Crippen LogP contribution is -2.56. The third-order valence-corrected chi connectivity index (χ3v) is 8.02. The fourth-order valence-corrected chi connectivity index (χ4v) is 5.75. The van der Waals surface area contributed by atoms with Gasteiger partial charge < -0.3 is 33.9 Å². The van der Waals surface area contributed by atoms with Gasteiger partial charge in [0.05, 0.1) is 17.2 Å². The molecule has 1 N–H and O–H groups in total. The molecule has 2 bridgehead atoms. The molecular formula is C33H34N8O3. The molecular weight excluding hydrogens is 556 g/mol. The summed E-state index contributed by atoms with van der Waals surface area (Å²) in [7, 11) is 3.97. The Balaban J connectivity index is 1.10. The molecule has 1 fully saturated rings. The summed E-state index contributed by atoms with van der Waals surface area (Å²) >= 11 is 0. The number of rotatable bonds is 7. The molecule has 5 aromatic rings. The average molecular weight is 591 g/mol. The number of fused-ring (bicyclic) bond motifs is 6. The van der Waals surface area contributed by atoms with Gasteiger partial charge in [-0.3, -0.25) is 4.79 Å². The van der Waals surface area contributed by atoms with E-state index in [1.165, 1.54) is 0 Å². The van der Waals surface area contributed by atoms with Crippen LogP contribution in [0.15, 0.2) is 79.5 Å². The third-order valence-electron chi connectivity index (χ3n) is 8.02. The lowest BCUT2D eigenvalue weighted by Gasteiger charge is -2.39. The van der Waals surface area contributed by atoms with Gasteiger partial charge in [-0.1, -0.05) is 6.08 Å². The first kappa shape index (κ1) is 27.7. The lowest BCUT2D eigenvalue weighted by atomic mass is 10.1. The number of likely N-dealkylation sites (N-methyl/N-ethyl adjacent to an activating group) is 1. The number of carbonyl (C=O) groups is 1. The van der Waals surface area contributed by atoms with Crippen LogP contribution in [0.2, 0.25) is 0 Å². The Labute approximate surface area is 255 Å². The van der Waals surface area contributed by atoms with Crippen LogP contribution in [-0.2, 0) is 4.79 Å². The molecule has 2 aliphatic rings. The summed E-state index contributed by atoms with van der Waals surface area (Å²) in [6.07, 6.45) is 10.7. The number of piperazine rings is 1. The first-order chi connectivity index (χ1) is 21.4. The van der Waals surface area contributed by atoms with Crippen LogP contribution in [0.1, 0.15) is 5.56 Å². The van der Waals surface area contributed by atoms with E-state index >= 15 is 0 Å². The predicted molar refractivity (Wildman–Crippen MR) is 170 cm³/mol. The van der Waals surface area contributed by atoms with Gasteiger partial charge in [0, 0.05) is 74.1 Å². The van der Waals surface area contributed by atoms with Gasteiger partial charge >= 0.3 is 0 Å². The highest BCUT2D eigenvalue weighted by Crippen LogP contribution is 2.39. The van der Waals surface area contributed by atoms with Crippen molar-refractivity contribution in [2.24, 2.45) is 0 Å². The van der Waals surface area contributed by atoms with Crippen LogP contribution in [0, 0.1) is 6.92 Å². The minimum absolute atomic E-state index is 0.0272. The first-order valence-electron chi connectivity index (χ1n) is 14.7. The number of amides is 1. The smallest absolute Gasteiger partial charge is 0.246 e. The van der Waals surface area contributed by atoms with Crippen molar-refractivity contribution < 1.29 is 14.3 Å². The molecule has 0 aliphatic carbocycles. The zero-order chi connectivity index (χ0) is 30.2. The highest BCUT2D eigenvalue weighted by atomic mass is 16.5. The number of hydrogen-bond acceptors (Lipinski definition) is 9. The van der Waals surface area contributed by atoms with Crippen molar-refractivity contribution in [3.05, 3.63) is 85.1 Å². The number of hydrogen-bond donors (Lipinski definition) is 1. The van der Waals surface area contributed by atoms with E-state index in [0.29, 0.717) is 25.5 Å². The van der Waals surface area contributed by atoms with Gasteiger partial charge in [-0.15, -0.1) is 0 Å². The van der Waals surface area contributed by atoms with E-state index in [2.05, 4.69) is 31.2 Å². The maximum atomic E-state index is 13.0. The molecule has 0 spiro atoms. The maximum Gasteiger partial charge on any atom is 0.246 e. The Bertz CT molecular complexity index is 1880. The van der Waals surface area contributed by atoms with Gasteiger partial charge in [-0.05, 0) is 56.9 Å². The summed E-state index contributed by atoms with van der Waals surface area (Å²) in [5.74, 6) is 3.00. The van der Waals surface area contributed by atoms with E-state index in [4.69, 9.17) is 9.47 Å². The van der Waals surface area contributed by atoms with Crippen molar-refractivity contribution in [3.63, 3.8) is 0 Å². The second kappa shape index (κ2) is 11.5.